The molecule has 0 aromatic heterocycles. The highest BCUT2D eigenvalue weighted by atomic mass is 35.5. The standard InChI is InChI=1S/C24H24ClNO4/c1-26-10-9-23-16-5-6-18(27)21(23)30-22-19(23)13(12-17(16)26)7-8-24(22,29)20(28)14-3-2-4-15(25)11-14/h2-7,11,16-18,21,27,29H,8-10,12H2,1H3/t16-,17+,18-,21-,23-,24?/m0/s1. The molecule has 1 saturated carbocycles. The van der Waals surface area contributed by atoms with Crippen LogP contribution < -0.4 is 0 Å². The van der Waals surface area contributed by atoms with Gasteiger partial charge in [0.1, 0.15) is 18.0 Å². The van der Waals surface area contributed by atoms with Crippen molar-refractivity contribution in [3.63, 3.8) is 0 Å². The second-order valence-electron chi connectivity index (χ2n) is 9.32. The molecule has 1 aromatic rings. The molecule has 1 aromatic carbocycles. The van der Waals surface area contributed by atoms with Crippen molar-refractivity contribution >= 4 is 17.4 Å². The molecule has 156 valence electrons. The zero-order chi connectivity index (χ0) is 20.8. The van der Waals surface area contributed by atoms with Crippen LogP contribution in [0.4, 0.5) is 0 Å². The maximum Gasteiger partial charge on any atom is 0.202 e. The van der Waals surface area contributed by atoms with Crippen LogP contribution >= 0.6 is 11.6 Å². The average Bonchev–Trinajstić information content (AvgIpc) is 3.09. The van der Waals surface area contributed by atoms with Crippen molar-refractivity contribution in [3.05, 3.63) is 70.0 Å². The van der Waals surface area contributed by atoms with Crippen LogP contribution in [0.15, 0.2) is 59.4 Å². The van der Waals surface area contributed by atoms with Gasteiger partial charge in [-0.2, -0.15) is 0 Å². The summed E-state index contributed by atoms with van der Waals surface area (Å²) in [5, 5.41) is 23.0. The maximum atomic E-state index is 13.5. The summed E-state index contributed by atoms with van der Waals surface area (Å²) in [5.41, 5.74) is 0.308. The largest absolute Gasteiger partial charge is 0.487 e. The number of nitrogens with zero attached hydrogens (tertiary/aromatic N) is 1. The van der Waals surface area contributed by atoms with Gasteiger partial charge in [0.2, 0.25) is 5.78 Å². The van der Waals surface area contributed by atoms with Crippen LogP contribution in [-0.4, -0.2) is 58.3 Å². The Bertz CT molecular complexity index is 1060. The lowest BCUT2D eigenvalue weighted by molar-refractivity contribution is -0.0989. The molecule has 2 bridgehead atoms. The monoisotopic (exact) mass is 425 g/mol. The Kier molecular flexibility index (Phi) is 3.81. The molecule has 1 spiro atoms. The van der Waals surface area contributed by atoms with Gasteiger partial charge >= 0.3 is 0 Å². The molecule has 2 N–H and O–H groups in total. The number of ether oxygens (including phenoxy) is 1. The fourth-order valence-corrected chi connectivity index (χ4v) is 6.75. The molecule has 2 fully saturated rings. The molecule has 6 heteroatoms. The molecule has 6 atom stereocenters. The minimum Gasteiger partial charge on any atom is -0.487 e. The van der Waals surface area contributed by atoms with Crippen LogP contribution in [0.1, 0.15) is 29.6 Å². The second kappa shape index (κ2) is 6.07. The maximum absolute atomic E-state index is 13.5. The summed E-state index contributed by atoms with van der Waals surface area (Å²) in [5.74, 6) is 0.135. The number of rotatable bonds is 2. The summed E-state index contributed by atoms with van der Waals surface area (Å²) in [6, 6.07) is 6.99. The minimum absolute atomic E-state index is 0.167. The van der Waals surface area contributed by atoms with Crippen molar-refractivity contribution in [2.45, 2.75) is 43.1 Å². The van der Waals surface area contributed by atoms with E-state index in [0.29, 0.717) is 22.4 Å². The van der Waals surface area contributed by atoms with E-state index in [-0.39, 0.29) is 12.3 Å². The summed E-state index contributed by atoms with van der Waals surface area (Å²) in [6.07, 6.45) is 6.58. The number of aliphatic hydroxyl groups is 2. The molecular formula is C24H24ClNO4. The summed E-state index contributed by atoms with van der Waals surface area (Å²) >= 11 is 6.10. The molecule has 0 amide bonds. The molecule has 5 nitrogen and oxygen atoms in total. The van der Waals surface area contributed by atoms with Gasteiger partial charge in [-0.15, -0.1) is 0 Å². The van der Waals surface area contributed by atoms with Crippen LogP contribution in [0, 0.1) is 11.3 Å². The molecule has 5 aliphatic rings. The zero-order valence-corrected chi connectivity index (χ0v) is 17.5. The first-order chi connectivity index (χ1) is 14.4. The van der Waals surface area contributed by atoms with Gasteiger partial charge in [-0.05, 0) is 44.1 Å². The summed E-state index contributed by atoms with van der Waals surface area (Å²) in [4.78, 5) is 15.9. The van der Waals surface area contributed by atoms with E-state index in [9.17, 15) is 15.0 Å². The Balaban J connectivity index is 1.53. The van der Waals surface area contributed by atoms with E-state index < -0.39 is 29.0 Å². The van der Waals surface area contributed by atoms with E-state index >= 15 is 0 Å². The molecule has 2 heterocycles. The van der Waals surface area contributed by atoms with Crippen LogP contribution in [0.5, 0.6) is 0 Å². The van der Waals surface area contributed by atoms with Gasteiger partial charge in [0.15, 0.2) is 5.60 Å². The van der Waals surface area contributed by atoms with E-state index in [2.05, 4.69) is 18.0 Å². The third-order valence-corrected chi connectivity index (χ3v) is 8.19. The number of hydrogen-bond acceptors (Lipinski definition) is 5. The van der Waals surface area contributed by atoms with Crippen molar-refractivity contribution in [1.29, 1.82) is 0 Å². The van der Waals surface area contributed by atoms with Gasteiger partial charge < -0.3 is 19.8 Å². The first-order valence-electron chi connectivity index (χ1n) is 10.6. The fraction of sp³-hybridized carbons (Fsp3) is 0.458. The Morgan fingerprint density at radius 2 is 2.17 bits per heavy atom. The number of likely N-dealkylation sites (tertiary alicyclic amines) is 1. The quantitative estimate of drug-likeness (QED) is 0.563. The van der Waals surface area contributed by atoms with E-state index in [1.807, 2.05) is 12.2 Å². The number of benzene rings is 1. The van der Waals surface area contributed by atoms with E-state index in [1.165, 1.54) is 0 Å². The highest BCUT2D eigenvalue weighted by molar-refractivity contribution is 6.31. The van der Waals surface area contributed by atoms with Crippen LogP contribution in [0.2, 0.25) is 5.02 Å². The Labute approximate surface area is 180 Å². The first kappa shape index (κ1) is 18.8. The fourth-order valence-electron chi connectivity index (χ4n) is 6.56. The second-order valence-corrected chi connectivity index (χ2v) is 9.76. The molecule has 1 unspecified atom stereocenters. The smallest absolute Gasteiger partial charge is 0.202 e. The summed E-state index contributed by atoms with van der Waals surface area (Å²) < 4.78 is 6.38. The van der Waals surface area contributed by atoms with E-state index in [4.69, 9.17) is 16.3 Å². The van der Waals surface area contributed by atoms with Gasteiger partial charge in [-0.3, -0.25) is 4.79 Å². The number of Topliss-reactive ketones (excluding diaryl/α,β-unsaturated/α-hetero) is 1. The van der Waals surface area contributed by atoms with Gasteiger partial charge in [0.25, 0.3) is 0 Å². The third-order valence-electron chi connectivity index (χ3n) is 7.96. The van der Waals surface area contributed by atoms with E-state index in [0.717, 1.165) is 30.5 Å². The lowest BCUT2D eigenvalue weighted by Gasteiger charge is -2.58. The molecule has 0 radical (unpaired) electrons. The Hall–Kier alpha value is -1.92. The number of carbonyl (C=O) groups excluding carboxylic acids is 1. The molecule has 2 aliphatic heterocycles. The first-order valence-corrected chi connectivity index (χ1v) is 10.9. The van der Waals surface area contributed by atoms with Crippen molar-refractivity contribution < 1.29 is 19.7 Å². The average molecular weight is 426 g/mol. The predicted molar refractivity (Wildman–Crippen MR) is 112 cm³/mol. The van der Waals surface area contributed by atoms with Crippen molar-refractivity contribution in [1.82, 2.24) is 4.90 Å². The number of ketones is 1. The lowest BCUT2D eigenvalue weighted by atomic mass is 9.51. The van der Waals surface area contributed by atoms with Crippen LogP contribution in [0.25, 0.3) is 0 Å². The SMILES string of the molecule is CN1CC[C@]23C4=C5O[C@H]2[C@@H](O)C=C[C@H]3[C@H]1CC4=CCC5(O)C(=O)c1cccc(Cl)c1. The van der Waals surface area contributed by atoms with Crippen molar-refractivity contribution in [2.24, 2.45) is 11.3 Å². The topological polar surface area (TPSA) is 70.0 Å². The predicted octanol–water partition coefficient (Wildman–Crippen LogP) is 2.88. The van der Waals surface area contributed by atoms with E-state index in [1.54, 1.807) is 24.3 Å². The summed E-state index contributed by atoms with van der Waals surface area (Å²) in [7, 11) is 2.15. The number of halogens is 1. The summed E-state index contributed by atoms with van der Waals surface area (Å²) in [6.45, 7) is 0.895. The molecular weight excluding hydrogens is 402 g/mol. The highest BCUT2D eigenvalue weighted by Gasteiger charge is 2.68. The normalized spacial score (nSPS) is 41.3. The number of piperidine rings is 1. The van der Waals surface area contributed by atoms with Gasteiger partial charge in [0, 0.05) is 40.0 Å². The Morgan fingerprint density at radius 3 is 2.97 bits per heavy atom. The lowest BCUT2D eigenvalue weighted by Crippen LogP contribution is -2.62. The number of carbonyl (C=O) groups is 1. The third kappa shape index (κ3) is 2.16. The van der Waals surface area contributed by atoms with Gasteiger partial charge in [-0.25, -0.2) is 0 Å². The zero-order valence-electron chi connectivity index (χ0n) is 16.7. The minimum atomic E-state index is -1.78. The van der Waals surface area contributed by atoms with Crippen LogP contribution in [-0.2, 0) is 4.74 Å². The van der Waals surface area contributed by atoms with Gasteiger partial charge in [-0.1, -0.05) is 42.0 Å². The number of hydrogen-bond donors (Lipinski definition) is 2. The molecule has 6 rings (SSSR count). The Morgan fingerprint density at radius 1 is 1.33 bits per heavy atom. The van der Waals surface area contributed by atoms with Crippen molar-refractivity contribution in [2.75, 3.05) is 13.6 Å². The van der Waals surface area contributed by atoms with Crippen molar-refractivity contribution in [3.8, 4) is 0 Å². The highest BCUT2D eigenvalue weighted by Crippen LogP contribution is 2.66. The molecule has 3 aliphatic carbocycles. The van der Waals surface area contributed by atoms with Crippen LogP contribution in [0.3, 0.4) is 0 Å². The molecule has 30 heavy (non-hydrogen) atoms. The number of aliphatic hydroxyl groups excluding tert-OH is 1. The van der Waals surface area contributed by atoms with Gasteiger partial charge in [0.05, 0.1) is 0 Å². The molecule has 1 saturated heterocycles.